The first-order valence-electron chi connectivity index (χ1n) is 12.6. The molecule has 0 bridgehead atoms. The van der Waals surface area contributed by atoms with Crippen LogP contribution in [0.2, 0.25) is 0 Å². The summed E-state index contributed by atoms with van der Waals surface area (Å²) in [5.41, 5.74) is 4.38. The standard InChI is InChI=1S/C30H32N4O2/c1-23-11-8-9-17-27(23)29-31-28(36-32-29)22-33-18-10-16-26(21-33)30(35)34(19-24-12-4-2-5-13-24)20-25-14-6-3-7-15-25/h2-9,11-15,17,26H,10,16,18-22H2,1H3. The zero-order valence-electron chi connectivity index (χ0n) is 20.7. The van der Waals surface area contributed by atoms with E-state index < -0.39 is 0 Å². The summed E-state index contributed by atoms with van der Waals surface area (Å²) < 4.78 is 5.58. The van der Waals surface area contributed by atoms with Crippen LogP contribution in [0.4, 0.5) is 0 Å². The third-order valence-corrected chi connectivity index (χ3v) is 6.81. The van der Waals surface area contributed by atoms with E-state index in [1.807, 2.05) is 72.5 Å². The number of nitrogens with zero attached hydrogens (tertiary/aromatic N) is 4. The van der Waals surface area contributed by atoms with Gasteiger partial charge in [-0.05, 0) is 43.0 Å². The summed E-state index contributed by atoms with van der Waals surface area (Å²) in [5, 5.41) is 4.20. The molecule has 4 aromatic rings. The Balaban J connectivity index is 1.27. The smallest absolute Gasteiger partial charge is 0.241 e. The molecule has 0 radical (unpaired) electrons. The van der Waals surface area contributed by atoms with Crippen molar-refractivity contribution in [3.63, 3.8) is 0 Å². The SMILES string of the molecule is Cc1ccccc1-c1noc(CN2CCCC(C(=O)N(Cc3ccccc3)Cc3ccccc3)C2)n1. The lowest BCUT2D eigenvalue weighted by atomic mass is 9.96. The Labute approximate surface area is 212 Å². The van der Waals surface area contributed by atoms with Crippen LogP contribution in [0, 0.1) is 12.8 Å². The van der Waals surface area contributed by atoms with Gasteiger partial charge in [0.05, 0.1) is 12.5 Å². The van der Waals surface area contributed by atoms with Crippen LogP contribution in [0.5, 0.6) is 0 Å². The zero-order chi connectivity index (χ0) is 24.7. The van der Waals surface area contributed by atoms with Crippen LogP contribution in [0.25, 0.3) is 11.4 Å². The van der Waals surface area contributed by atoms with Crippen LogP contribution in [-0.4, -0.2) is 38.9 Å². The molecule has 1 unspecified atom stereocenters. The molecule has 1 saturated heterocycles. The lowest BCUT2D eigenvalue weighted by Crippen LogP contribution is -2.44. The van der Waals surface area contributed by atoms with E-state index in [-0.39, 0.29) is 11.8 Å². The molecule has 1 amide bonds. The second kappa shape index (κ2) is 11.3. The molecule has 36 heavy (non-hydrogen) atoms. The Kier molecular flexibility index (Phi) is 7.52. The fraction of sp³-hybridized carbons (Fsp3) is 0.300. The predicted molar refractivity (Wildman–Crippen MR) is 140 cm³/mol. The van der Waals surface area contributed by atoms with Gasteiger partial charge in [-0.15, -0.1) is 0 Å². The molecule has 6 nitrogen and oxygen atoms in total. The summed E-state index contributed by atoms with van der Waals surface area (Å²) in [6, 6.07) is 28.5. The van der Waals surface area contributed by atoms with E-state index in [1.54, 1.807) is 0 Å². The minimum absolute atomic E-state index is 0.0510. The van der Waals surface area contributed by atoms with E-state index in [0.29, 0.717) is 37.9 Å². The highest BCUT2D eigenvalue weighted by Crippen LogP contribution is 2.24. The third-order valence-electron chi connectivity index (χ3n) is 6.81. The van der Waals surface area contributed by atoms with Crippen molar-refractivity contribution in [2.24, 2.45) is 5.92 Å². The van der Waals surface area contributed by atoms with Crippen LogP contribution in [0.15, 0.2) is 89.5 Å². The van der Waals surface area contributed by atoms with Crippen molar-refractivity contribution in [3.05, 3.63) is 108 Å². The zero-order valence-corrected chi connectivity index (χ0v) is 20.7. The Morgan fingerprint density at radius 2 is 1.58 bits per heavy atom. The number of likely N-dealkylation sites (tertiary alicyclic amines) is 1. The molecule has 1 aromatic heterocycles. The summed E-state index contributed by atoms with van der Waals surface area (Å²) in [5.74, 6) is 1.36. The lowest BCUT2D eigenvalue weighted by molar-refractivity contribution is -0.138. The van der Waals surface area contributed by atoms with Crippen molar-refractivity contribution in [2.45, 2.75) is 39.4 Å². The molecule has 1 aliphatic rings. The lowest BCUT2D eigenvalue weighted by Gasteiger charge is -2.34. The van der Waals surface area contributed by atoms with Gasteiger partial charge >= 0.3 is 0 Å². The average Bonchev–Trinajstić information content (AvgIpc) is 3.37. The fourth-order valence-electron chi connectivity index (χ4n) is 4.92. The number of aryl methyl sites for hydroxylation is 1. The topological polar surface area (TPSA) is 62.5 Å². The highest BCUT2D eigenvalue weighted by atomic mass is 16.5. The minimum Gasteiger partial charge on any atom is -0.338 e. The normalized spacial score (nSPS) is 16.1. The van der Waals surface area contributed by atoms with Crippen LogP contribution >= 0.6 is 0 Å². The number of aromatic nitrogens is 2. The van der Waals surface area contributed by atoms with Gasteiger partial charge in [-0.1, -0.05) is 90.1 Å². The molecule has 5 rings (SSSR count). The van der Waals surface area contributed by atoms with E-state index in [0.717, 1.165) is 41.6 Å². The van der Waals surface area contributed by atoms with E-state index >= 15 is 0 Å². The molecule has 0 saturated carbocycles. The average molecular weight is 481 g/mol. The monoisotopic (exact) mass is 480 g/mol. The number of benzene rings is 3. The molecule has 0 N–H and O–H groups in total. The van der Waals surface area contributed by atoms with E-state index in [4.69, 9.17) is 4.52 Å². The molecule has 2 heterocycles. The minimum atomic E-state index is -0.0510. The number of amides is 1. The maximum absolute atomic E-state index is 13.8. The predicted octanol–water partition coefficient (Wildman–Crippen LogP) is 5.49. The van der Waals surface area contributed by atoms with Crippen molar-refractivity contribution in [1.82, 2.24) is 19.9 Å². The summed E-state index contributed by atoms with van der Waals surface area (Å²) in [6.07, 6.45) is 1.87. The third kappa shape index (κ3) is 5.89. The molecule has 1 aliphatic heterocycles. The van der Waals surface area contributed by atoms with Crippen LogP contribution in [0.3, 0.4) is 0 Å². The van der Waals surface area contributed by atoms with E-state index in [9.17, 15) is 4.79 Å². The fourth-order valence-corrected chi connectivity index (χ4v) is 4.92. The maximum atomic E-state index is 13.8. The number of carbonyl (C=O) groups is 1. The van der Waals surface area contributed by atoms with Gasteiger partial charge in [0.15, 0.2) is 0 Å². The van der Waals surface area contributed by atoms with Crippen molar-refractivity contribution in [3.8, 4) is 11.4 Å². The molecule has 184 valence electrons. The first-order chi connectivity index (χ1) is 17.7. The first-order valence-corrected chi connectivity index (χ1v) is 12.6. The van der Waals surface area contributed by atoms with Crippen molar-refractivity contribution >= 4 is 5.91 Å². The second-order valence-corrected chi connectivity index (χ2v) is 9.57. The largest absolute Gasteiger partial charge is 0.338 e. The van der Waals surface area contributed by atoms with Gasteiger partial charge in [-0.3, -0.25) is 9.69 Å². The number of hydrogen-bond donors (Lipinski definition) is 0. The van der Waals surface area contributed by atoms with Gasteiger partial charge in [0, 0.05) is 25.2 Å². The number of carbonyl (C=O) groups excluding carboxylic acids is 1. The number of rotatable bonds is 8. The van der Waals surface area contributed by atoms with E-state index in [2.05, 4.69) is 39.3 Å². The van der Waals surface area contributed by atoms with Crippen molar-refractivity contribution < 1.29 is 9.32 Å². The number of hydrogen-bond acceptors (Lipinski definition) is 5. The Hall–Kier alpha value is -3.77. The summed E-state index contributed by atoms with van der Waals surface area (Å²) in [7, 11) is 0. The number of piperidine rings is 1. The molecule has 3 aromatic carbocycles. The van der Waals surface area contributed by atoms with Gasteiger partial charge in [0.25, 0.3) is 0 Å². The van der Waals surface area contributed by atoms with Gasteiger partial charge in [-0.2, -0.15) is 4.98 Å². The molecular weight excluding hydrogens is 448 g/mol. The highest BCUT2D eigenvalue weighted by molar-refractivity contribution is 5.79. The van der Waals surface area contributed by atoms with Crippen LogP contribution in [-0.2, 0) is 24.4 Å². The Morgan fingerprint density at radius 1 is 0.944 bits per heavy atom. The summed E-state index contributed by atoms with van der Waals surface area (Å²) >= 11 is 0. The van der Waals surface area contributed by atoms with Crippen molar-refractivity contribution in [1.29, 1.82) is 0 Å². The summed E-state index contributed by atoms with van der Waals surface area (Å²) in [6.45, 7) is 5.43. The second-order valence-electron chi connectivity index (χ2n) is 9.57. The Bertz CT molecular complexity index is 1230. The summed E-state index contributed by atoms with van der Waals surface area (Å²) in [4.78, 5) is 22.7. The molecule has 6 heteroatoms. The molecule has 1 fully saturated rings. The molecule has 0 aliphatic carbocycles. The highest BCUT2D eigenvalue weighted by Gasteiger charge is 2.30. The van der Waals surface area contributed by atoms with Gasteiger partial charge < -0.3 is 9.42 Å². The molecular formula is C30H32N4O2. The molecule has 0 spiro atoms. The van der Waals surface area contributed by atoms with E-state index in [1.165, 1.54) is 0 Å². The Morgan fingerprint density at radius 3 is 2.25 bits per heavy atom. The molecule has 1 atom stereocenters. The quantitative estimate of drug-likeness (QED) is 0.334. The van der Waals surface area contributed by atoms with Crippen LogP contribution < -0.4 is 0 Å². The maximum Gasteiger partial charge on any atom is 0.241 e. The van der Waals surface area contributed by atoms with Gasteiger partial charge in [-0.25, -0.2) is 0 Å². The first kappa shape index (κ1) is 23.9. The van der Waals surface area contributed by atoms with Gasteiger partial charge in [0.2, 0.25) is 17.6 Å². The van der Waals surface area contributed by atoms with Crippen molar-refractivity contribution in [2.75, 3.05) is 13.1 Å². The van der Waals surface area contributed by atoms with Crippen LogP contribution in [0.1, 0.15) is 35.4 Å². The van der Waals surface area contributed by atoms with Gasteiger partial charge in [0.1, 0.15) is 0 Å².